The van der Waals surface area contributed by atoms with Crippen LogP contribution in [0.4, 0.5) is 0 Å². The van der Waals surface area contributed by atoms with Gasteiger partial charge in [-0.3, -0.25) is 4.79 Å². The van der Waals surface area contributed by atoms with Crippen LogP contribution in [0.5, 0.6) is 0 Å². The summed E-state index contributed by atoms with van der Waals surface area (Å²) in [5.41, 5.74) is 5.41. The second-order valence-electron chi connectivity index (χ2n) is 4.86. The highest BCUT2D eigenvalue weighted by atomic mass is 16.2. The predicted molar refractivity (Wildman–Crippen MR) is 68.3 cm³/mol. The lowest BCUT2D eigenvalue weighted by Gasteiger charge is -2.21. The highest BCUT2D eigenvalue weighted by Gasteiger charge is 2.09. The first kappa shape index (κ1) is 15.4. The molecule has 0 fully saturated rings. The number of hydrogen-bond donors (Lipinski definition) is 1. The van der Waals surface area contributed by atoms with Crippen LogP contribution in [0, 0.1) is 5.92 Å². The molecular formula is C12H27N3O. The Hall–Kier alpha value is -0.610. The first-order valence-electron chi connectivity index (χ1n) is 6.10. The van der Waals surface area contributed by atoms with E-state index in [-0.39, 0.29) is 5.91 Å². The zero-order chi connectivity index (χ0) is 12.6. The Balaban J connectivity index is 3.70. The average Bonchev–Trinajstić information content (AvgIpc) is 2.21. The van der Waals surface area contributed by atoms with Crippen LogP contribution in [0.1, 0.15) is 26.7 Å². The largest absolute Gasteiger partial charge is 0.346 e. The predicted octanol–water partition coefficient (Wildman–Crippen LogP) is 0.772. The zero-order valence-corrected chi connectivity index (χ0v) is 11.2. The van der Waals surface area contributed by atoms with Crippen molar-refractivity contribution in [2.75, 3.05) is 40.3 Å². The number of nitrogens with two attached hydrogens (primary N) is 1. The van der Waals surface area contributed by atoms with Gasteiger partial charge in [-0.1, -0.05) is 13.8 Å². The summed E-state index contributed by atoms with van der Waals surface area (Å²) < 4.78 is 0. The minimum atomic E-state index is 0.212. The molecule has 0 heterocycles. The molecule has 4 heteroatoms. The van der Waals surface area contributed by atoms with Crippen LogP contribution in [0.25, 0.3) is 0 Å². The maximum absolute atomic E-state index is 11.7. The van der Waals surface area contributed by atoms with E-state index >= 15 is 0 Å². The van der Waals surface area contributed by atoms with E-state index in [0.717, 1.165) is 26.1 Å². The summed E-state index contributed by atoms with van der Waals surface area (Å²) in [5, 5.41) is 0. The van der Waals surface area contributed by atoms with Gasteiger partial charge in [0.05, 0.1) is 0 Å². The molecule has 2 N–H and O–H groups in total. The molecule has 0 aromatic rings. The summed E-state index contributed by atoms with van der Waals surface area (Å²) in [6, 6.07) is 0. The molecule has 0 spiro atoms. The van der Waals surface area contributed by atoms with Crippen molar-refractivity contribution in [3.8, 4) is 0 Å². The Morgan fingerprint density at radius 1 is 1.25 bits per heavy atom. The molecule has 0 aliphatic heterocycles. The number of nitrogens with zero attached hydrogens (tertiary/aromatic N) is 2. The van der Waals surface area contributed by atoms with Gasteiger partial charge in [0.2, 0.25) is 5.91 Å². The highest BCUT2D eigenvalue weighted by molar-refractivity contribution is 5.76. The van der Waals surface area contributed by atoms with Gasteiger partial charge in [0.1, 0.15) is 0 Å². The molecule has 0 saturated heterocycles. The molecule has 0 saturated carbocycles. The molecule has 0 aliphatic rings. The van der Waals surface area contributed by atoms with Gasteiger partial charge in [-0.15, -0.1) is 0 Å². The molecule has 1 amide bonds. The second kappa shape index (κ2) is 8.53. The van der Waals surface area contributed by atoms with Gasteiger partial charge in [-0.05, 0) is 25.9 Å². The molecule has 0 aromatic heterocycles. The topological polar surface area (TPSA) is 49.6 Å². The van der Waals surface area contributed by atoms with E-state index in [1.54, 1.807) is 4.90 Å². The van der Waals surface area contributed by atoms with Crippen LogP contribution < -0.4 is 5.73 Å². The lowest BCUT2D eigenvalue weighted by molar-refractivity contribution is -0.130. The third kappa shape index (κ3) is 7.65. The Kier molecular flexibility index (Phi) is 8.21. The molecule has 0 bridgehead atoms. The van der Waals surface area contributed by atoms with Crippen molar-refractivity contribution < 1.29 is 4.79 Å². The fourth-order valence-corrected chi connectivity index (χ4v) is 1.65. The molecule has 4 nitrogen and oxygen atoms in total. The van der Waals surface area contributed by atoms with E-state index in [4.69, 9.17) is 5.73 Å². The molecule has 16 heavy (non-hydrogen) atoms. The minimum absolute atomic E-state index is 0.212. The van der Waals surface area contributed by atoms with Gasteiger partial charge in [0.15, 0.2) is 0 Å². The van der Waals surface area contributed by atoms with E-state index in [2.05, 4.69) is 25.8 Å². The summed E-state index contributed by atoms with van der Waals surface area (Å²) in [6.07, 6.45) is 1.48. The van der Waals surface area contributed by atoms with Gasteiger partial charge in [0.25, 0.3) is 0 Å². The van der Waals surface area contributed by atoms with Gasteiger partial charge < -0.3 is 15.5 Å². The van der Waals surface area contributed by atoms with Crippen molar-refractivity contribution in [1.29, 1.82) is 0 Å². The van der Waals surface area contributed by atoms with Crippen LogP contribution in [-0.2, 0) is 4.79 Å². The van der Waals surface area contributed by atoms with E-state index < -0.39 is 0 Å². The SMILES string of the molecule is CC(C)CN(C)CCC(=O)N(C)CCCN. The smallest absolute Gasteiger partial charge is 0.223 e. The average molecular weight is 229 g/mol. The quantitative estimate of drug-likeness (QED) is 0.669. The monoisotopic (exact) mass is 229 g/mol. The maximum Gasteiger partial charge on any atom is 0.223 e. The fraction of sp³-hybridized carbons (Fsp3) is 0.917. The maximum atomic E-state index is 11.7. The van der Waals surface area contributed by atoms with E-state index in [9.17, 15) is 4.79 Å². The van der Waals surface area contributed by atoms with Crippen LogP contribution in [0.3, 0.4) is 0 Å². The minimum Gasteiger partial charge on any atom is -0.346 e. The van der Waals surface area contributed by atoms with Crippen molar-refractivity contribution in [2.24, 2.45) is 11.7 Å². The van der Waals surface area contributed by atoms with E-state index in [0.29, 0.717) is 18.9 Å². The first-order valence-corrected chi connectivity index (χ1v) is 6.10. The summed E-state index contributed by atoms with van der Waals surface area (Å²) >= 11 is 0. The standard InChI is InChI=1S/C12H27N3O/c1-11(2)10-14(3)9-6-12(16)15(4)8-5-7-13/h11H,5-10,13H2,1-4H3. The molecule has 0 atom stereocenters. The van der Waals surface area contributed by atoms with Gasteiger partial charge in [-0.25, -0.2) is 0 Å². The van der Waals surface area contributed by atoms with Gasteiger partial charge >= 0.3 is 0 Å². The summed E-state index contributed by atoms with van der Waals surface area (Å²) in [7, 11) is 3.91. The number of carbonyl (C=O) groups is 1. The number of carbonyl (C=O) groups excluding carboxylic acids is 1. The Morgan fingerprint density at radius 2 is 1.88 bits per heavy atom. The summed E-state index contributed by atoms with van der Waals surface area (Å²) in [5.74, 6) is 0.860. The van der Waals surface area contributed by atoms with E-state index in [1.807, 2.05) is 7.05 Å². The van der Waals surface area contributed by atoms with Crippen molar-refractivity contribution in [3.05, 3.63) is 0 Å². The molecule has 0 rings (SSSR count). The molecule has 0 radical (unpaired) electrons. The van der Waals surface area contributed by atoms with E-state index in [1.165, 1.54) is 0 Å². The Morgan fingerprint density at radius 3 is 2.38 bits per heavy atom. The third-order valence-electron chi connectivity index (χ3n) is 2.51. The van der Waals surface area contributed by atoms with Crippen LogP contribution in [-0.4, -0.2) is 56.0 Å². The highest BCUT2D eigenvalue weighted by Crippen LogP contribution is 1.99. The first-order chi connectivity index (χ1) is 7.47. The molecule has 96 valence electrons. The van der Waals surface area contributed by atoms with Gasteiger partial charge in [0, 0.05) is 33.1 Å². The summed E-state index contributed by atoms with van der Waals surface area (Å²) in [6.45, 7) is 7.66. The molecule has 0 aromatic carbocycles. The van der Waals surface area contributed by atoms with Crippen LogP contribution >= 0.6 is 0 Å². The van der Waals surface area contributed by atoms with Crippen molar-refractivity contribution in [1.82, 2.24) is 9.80 Å². The summed E-state index contributed by atoms with van der Waals surface area (Å²) in [4.78, 5) is 15.7. The lowest BCUT2D eigenvalue weighted by Crippen LogP contribution is -2.33. The van der Waals surface area contributed by atoms with Crippen LogP contribution in [0.2, 0.25) is 0 Å². The lowest BCUT2D eigenvalue weighted by atomic mass is 10.2. The Bertz CT molecular complexity index is 195. The van der Waals surface area contributed by atoms with Crippen molar-refractivity contribution >= 4 is 5.91 Å². The van der Waals surface area contributed by atoms with Crippen molar-refractivity contribution in [3.63, 3.8) is 0 Å². The number of hydrogen-bond acceptors (Lipinski definition) is 3. The third-order valence-corrected chi connectivity index (χ3v) is 2.51. The second-order valence-corrected chi connectivity index (χ2v) is 4.86. The molecule has 0 unspecified atom stereocenters. The van der Waals surface area contributed by atoms with Gasteiger partial charge in [-0.2, -0.15) is 0 Å². The number of rotatable bonds is 8. The van der Waals surface area contributed by atoms with Crippen molar-refractivity contribution in [2.45, 2.75) is 26.7 Å². The zero-order valence-electron chi connectivity index (χ0n) is 11.2. The fourth-order valence-electron chi connectivity index (χ4n) is 1.65. The molecule has 0 aliphatic carbocycles. The molecular weight excluding hydrogens is 202 g/mol. The Labute approximate surface area is 99.8 Å². The number of amides is 1. The normalized spacial score (nSPS) is 11.2. The van der Waals surface area contributed by atoms with Crippen LogP contribution in [0.15, 0.2) is 0 Å².